The summed E-state index contributed by atoms with van der Waals surface area (Å²) in [5.41, 5.74) is 5.33. The second-order valence-corrected chi connectivity index (χ2v) is 10.3. The second kappa shape index (κ2) is 7.89. The van der Waals surface area contributed by atoms with E-state index in [1.165, 1.54) is 16.7 Å². The number of rotatable bonds is 5. The van der Waals surface area contributed by atoms with Crippen molar-refractivity contribution >= 4 is 17.3 Å². The van der Waals surface area contributed by atoms with Crippen LogP contribution in [-0.2, 0) is 17.6 Å². The van der Waals surface area contributed by atoms with Gasteiger partial charge in [-0.2, -0.15) is 0 Å². The molecule has 0 radical (unpaired) electrons. The van der Waals surface area contributed by atoms with Crippen molar-refractivity contribution in [3.8, 4) is 5.75 Å². The summed E-state index contributed by atoms with van der Waals surface area (Å²) in [5.74, 6) is 0.641. The van der Waals surface area contributed by atoms with E-state index in [1.807, 2.05) is 31.2 Å². The zero-order valence-electron chi connectivity index (χ0n) is 19.4. The molecule has 4 nitrogen and oxygen atoms in total. The maximum absolute atomic E-state index is 12.4. The van der Waals surface area contributed by atoms with Crippen LogP contribution in [0.2, 0.25) is 0 Å². The van der Waals surface area contributed by atoms with Crippen LogP contribution in [0.5, 0.6) is 5.75 Å². The molecule has 0 saturated heterocycles. The lowest BCUT2D eigenvalue weighted by atomic mass is 9.50. The van der Waals surface area contributed by atoms with Gasteiger partial charge in [0.25, 0.3) is 0 Å². The molecule has 4 heteroatoms. The number of para-hydroxylation sites is 2. The van der Waals surface area contributed by atoms with Crippen molar-refractivity contribution in [2.24, 2.45) is 16.7 Å². The molecule has 0 amide bonds. The van der Waals surface area contributed by atoms with Gasteiger partial charge in [0.15, 0.2) is 0 Å². The lowest BCUT2D eigenvalue weighted by Crippen LogP contribution is -2.51. The molecule has 2 N–H and O–H groups in total. The number of aliphatic carboxylic acids is 1. The molecule has 166 valence electrons. The number of carboxylic acid groups (broad SMARTS) is 1. The van der Waals surface area contributed by atoms with Crippen molar-refractivity contribution in [1.29, 1.82) is 0 Å². The van der Waals surface area contributed by atoms with Crippen LogP contribution < -0.4 is 10.1 Å². The Balaban J connectivity index is 1.85. The maximum Gasteiger partial charge on any atom is 0.309 e. The van der Waals surface area contributed by atoms with Gasteiger partial charge in [-0.25, -0.2) is 0 Å². The minimum Gasteiger partial charge on any atom is -0.495 e. The quantitative estimate of drug-likeness (QED) is 0.574. The minimum absolute atomic E-state index is 0.0272. The Kier molecular flexibility index (Phi) is 5.53. The summed E-state index contributed by atoms with van der Waals surface area (Å²) in [7, 11) is 1.69. The summed E-state index contributed by atoms with van der Waals surface area (Å²) in [6.45, 7) is 8.71. The van der Waals surface area contributed by atoms with Gasteiger partial charge in [0.2, 0.25) is 0 Å². The fraction of sp³-hybridized carbons (Fsp3) is 0.519. The Morgan fingerprint density at radius 2 is 1.90 bits per heavy atom. The fourth-order valence-electron chi connectivity index (χ4n) is 6.17. The molecule has 2 aliphatic rings. The highest BCUT2D eigenvalue weighted by molar-refractivity contribution is 5.76. The second-order valence-electron chi connectivity index (χ2n) is 10.3. The van der Waals surface area contributed by atoms with Gasteiger partial charge in [0, 0.05) is 5.69 Å². The molecule has 2 aromatic carbocycles. The highest BCUT2D eigenvalue weighted by atomic mass is 16.5. The predicted octanol–water partition coefficient (Wildman–Crippen LogP) is 6.56. The van der Waals surface area contributed by atoms with Crippen LogP contribution in [0.3, 0.4) is 0 Å². The molecular weight excluding hydrogens is 386 g/mol. The molecular formula is C27H35NO3. The first kappa shape index (κ1) is 21.7. The lowest BCUT2D eigenvalue weighted by molar-refractivity contribution is -0.160. The molecule has 0 bridgehead atoms. The van der Waals surface area contributed by atoms with Gasteiger partial charge in [-0.3, -0.25) is 4.79 Å². The highest BCUT2D eigenvalue weighted by Crippen LogP contribution is 2.58. The minimum atomic E-state index is -0.680. The molecule has 0 spiro atoms. The van der Waals surface area contributed by atoms with E-state index in [0.717, 1.165) is 49.2 Å². The van der Waals surface area contributed by atoms with Crippen LogP contribution in [0.4, 0.5) is 11.4 Å². The van der Waals surface area contributed by atoms with Crippen molar-refractivity contribution in [2.75, 3.05) is 12.4 Å². The summed E-state index contributed by atoms with van der Waals surface area (Å²) in [4.78, 5) is 12.4. The number of carbonyl (C=O) groups is 1. The van der Waals surface area contributed by atoms with E-state index in [0.29, 0.717) is 5.92 Å². The van der Waals surface area contributed by atoms with E-state index in [2.05, 4.69) is 38.2 Å². The lowest BCUT2D eigenvalue weighted by Gasteiger charge is -2.53. The first-order chi connectivity index (χ1) is 14.7. The monoisotopic (exact) mass is 421 g/mol. The summed E-state index contributed by atoms with van der Waals surface area (Å²) in [6.07, 6.45) is 4.58. The van der Waals surface area contributed by atoms with Crippen molar-refractivity contribution < 1.29 is 14.6 Å². The SMILES string of the molecule is COc1ccccc1Nc1c(C(C)C)ccc2c1C[C@@H]1[C@](C)(CCC[C@@]1(C)C(=O)O)C2. The van der Waals surface area contributed by atoms with Crippen LogP contribution in [0.1, 0.15) is 69.6 Å². The average molecular weight is 422 g/mol. The van der Waals surface area contributed by atoms with Crippen LogP contribution in [0.15, 0.2) is 36.4 Å². The maximum atomic E-state index is 12.4. The Labute approximate surface area is 186 Å². The molecule has 0 aromatic heterocycles. The molecule has 1 saturated carbocycles. The zero-order chi connectivity index (χ0) is 22.4. The van der Waals surface area contributed by atoms with Gasteiger partial charge in [0.1, 0.15) is 5.75 Å². The molecule has 3 atom stereocenters. The van der Waals surface area contributed by atoms with E-state index < -0.39 is 11.4 Å². The van der Waals surface area contributed by atoms with E-state index in [-0.39, 0.29) is 11.3 Å². The Hall–Kier alpha value is -2.49. The average Bonchev–Trinajstić information content (AvgIpc) is 2.72. The van der Waals surface area contributed by atoms with Gasteiger partial charge >= 0.3 is 5.97 Å². The standard InChI is InChI=1S/C27H35NO3/c1-17(2)19-12-11-18-16-26(3)13-8-14-27(4,25(29)30)23(26)15-20(18)24(19)28-21-9-6-7-10-22(21)31-5/h6-7,9-12,17,23,28H,8,13-16H2,1-5H3,(H,29,30)/t23-,26-,27-/m1/s1. The molecule has 0 aliphatic heterocycles. The van der Waals surface area contributed by atoms with Crippen molar-refractivity contribution in [3.63, 3.8) is 0 Å². The van der Waals surface area contributed by atoms with Gasteiger partial charge in [-0.15, -0.1) is 0 Å². The Morgan fingerprint density at radius 3 is 2.58 bits per heavy atom. The van der Waals surface area contributed by atoms with E-state index in [9.17, 15) is 9.90 Å². The van der Waals surface area contributed by atoms with E-state index in [1.54, 1.807) is 7.11 Å². The van der Waals surface area contributed by atoms with Crippen molar-refractivity contribution in [3.05, 3.63) is 53.1 Å². The molecule has 0 heterocycles. The van der Waals surface area contributed by atoms with E-state index >= 15 is 0 Å². The van der Waals surface area contributed by atoms with E-state index in [4.69, 9.17) is 4.74 Å². The molecule has 2 aliphatic carbocycles. The first-order valence-electron chi connectivity index (χ1n) is 11.5. The fourth-order valence-corrected chi connectivity index (χ4v) is 6.17. The summed E-state index contributed by atoms with van der Waals surface area (Å²) in [6, 6.07) is 12.5. The van der Waals surface area contributed by atoms with Crippen LogP contribution in [-0.4, -0.2) is 18.2 Å². The van der Waals surface area contributed by atoms with Crippen molar-refractivity contribution in [2.45, 2.75) is 65.7 Å². The Morgan fingerprint density at radius 1 is 1.16 bits per heavy atom. The number of carboxylic acids is 1. The summed E-state index contributed by atoms with van der Waals surface area (Å²) in [5, 5.41) is 13.9. The van der Waals surface area contributed by atoms with Crippen LogP contribution >= 0.6 is 0 Å². The zero-order valence-corrected chi connectivity index (χ0v) is 19.4. The highest BCUT2D eigenvalue weighted by Gasteiger charge is 2.54. The third-order valence-corrected chi connectivity index (χ3v) is 7.98. The van der Waals surface area contributed by atoms with Crippen LogP contribution in [0.25, 0.3) is 0 Å². The van der Waals surface area contributed by atoms with Crippen LogP contribution in [0, 0.1) is 16.7 Å². The van der Waals surface area contributed by atoms with Gasteiger partial charge in [-0.1, -0.05) is 51.5 Å². The van der Waals surface area contributed by atoms with Crippen molar-refractivity contribution in [1.82, 2.24) is 0 Å². The smallest absolute Gasteiger partial charge is 0.309 e. The molecule has 2 aromatic rings. The van der Waals surface area contributed by atoms with Gasteiger partial charge in [0.05, 0.1) is 18.2 Å². The topological polar surface area (TPSA) is 58.6 Å². The van der Waals surface area contributed by atoms with Gasteiger partial charge in [-0.05, 0) is 78.7 Å². The number of anilines is 2. The number of hydrogen-bond acceptors (Lipinski definition) is 3. The predicted molar refractivity (Wildman–Crippen MR) is 125 cm³/mol. The number of ether oxygens (including phenoxy) is 1. The summed E-state index contributed by atoms with van der Waals surface area (Å²) >= 11 is 0. The molecule has 1 fully saturated rings. The normalized spacial score (nSPS) is 27.4. The number of nitrogens with one attached hydrogen (secondary N) is 1. The molecule has 4 rings (SSSR count). The number of benzene rings is 2. The number of methoxy groups -OCH3 is 1. The number of hydrogen-bond donors (Lipinski definition) is 2. The first-order valence-corrected chi connectivity index (χ1v) is 11.5. The number of fused-ring (bicyclic) bond motifs is 2. The third-order valence-electron chi connectivity index (χ3n) is 7.98. The largest absolute Gasteiger partial charge is 0.495 e. The molecule has 0 unspecified atom stereocenters. The summed E-state index contributed by atoms with van der Waals surface area (Å²) < 4.78 is 5.59. The van der Waals surface area contributed by atoms with Gasteiger partial charge < -0.3 is 15.2 Å². The Bertz CT molecular complexity index is 998. The molecule has 31 heavy (non-hydrogen) atoms. The third kappa shape index (κ3) is 3.60.